The van der Waals surface area contributed by atoms with E-state index in [4.69, 9.17) is 38.1 Å². The monoisotopic (exact) mass is 477 g/mol. The van der Waals surface area contributed by atoms with Crippen molar-refractivity contribution in [1.29, 1.82) is 5.41 Å². The van der Waals surface area contributed by atoms with Gasteiger partial charge in [-0.1, -0.05) is 23.2 Å². The van der Waals surface area contributed by atoms with Gasteiger partial charge in [-0.2, -0.15) is 10.2 Å². The first-order valence-electron chi connectivity index (χ1n) is 9.22. The van der Waals surface area contributed by atoms with E-state index >= 15 is 0 Å². The molecule has 0 radical (unpaired) electrons. The Morgan fingerprint density at radius 2 is 1.28 bits per heavy atom. The number of halogens is 4. The second kappa shape index (κ2) is 9.37. The van der Waals surface area contributed by atoms with Gasteiger partial charge in [-0.05, 0) is 36.4 Å². The lowest BCUT2D eigenvalue weighted by atomic mass is 10.1. The number of fused-ring (bicyclic) bond motifs is 2. The minimum Gasteiger partial charge on any atom is -0.488 e. The van der Waals surface area contributed by atoms with Crippen molar-refractivity contribution in [1.82, 2.24) is 10.9 Å². The van der Waals surface area contributed by atoms with E-state index in [1.54, 1.807) is 0 Å². The summed E-state index contributed by atoms with van der Waals surface area (Å²) in [5.41, 5.74) is 6.75. The first kappa shape index (κ1) is 21.8. The summed E-state index contributed by atoms with van der Waals surface area (Å²) in [6.45, 7) is 0.298. The topological polar surface area (TPSA) is 91.1 Å². The molecule has 0 saturated carbocycles. The number of nitrogens with one attached hydrogen (secondary N) is 3. The summed E-state index contributed by atoms with van der Waals surface area (Å²) in [6.07, 6.45) is 2.74. The van der Waals surface area contributed by atoms with Crippen LogP contribution in [0.1, 0.15) is 11.1 Å². The van der Waals surface area contributed by atoms with Crippen LogP contribution in [0.2, 0.25) is 0 Å². The Morgan fingerprint density at radius 1 is 0.844 bits per heavy atom. The number of guanidine groups is 1. The van der Waals surface area contributed by atoms with Crippen LogP contribution in [-0.2, 0) is 0 Å². The predicted molar refractivity (Wildman–Crippen MR) is 120 cm³/mol. The van der Waals surface area contributed by atoms with Crippen molar-refractivity contribution in [2.24, 2.45) is 10.2 Å². The molecule has 0 spiro atoms. The quantitative estimate of drug-likeness (QED) is 0.345. The fourth-order valence-corrected chi connectivity index (χ4v) is 3.45. The van der Waals surface area contributed by atoms with Crippen molar-refractivity contribution in [2.75, 3.05) is 13.2 Å². The molecule has 0 amide bonds. The van der Waals surface area contributed by atoms with E-state index in [0.29, 0.717) is 43.8 Å². The molecular weight excluding hydrogens is 463 g/mol. The van der Waals surface area contributed by atoms with Gasteiger partial charge in [-0.3, -0.25) is 5.41 Å². The molecule has 0 aliphatic carbocycles. The zero-order valence-corrected chi connectivity index (χ0v) is 17.8. The number of hydrogen-bond acceptors (Lipinski definition) is 5. The first-order valence-corrected chi connectivity index (χ1v) is 9.97. The summed E-state index contributed by atoms with van der Waals surface area (Å²) in [5.74, 6) is -0.140. The van der Waals surface area contributed by atoms with Crippen molar-refractivity contribution < 1.29 is 18.3 Å². The average molecular weight is 478 g/mol. The van der Waals surface area contributed by atoms with E-state index < -0.39 is 11.6 Å². The average Bonchev–Trinajstić information content (AvgIpc) is 2.77. The summed E-state index contributed by atoms with van der Waals surface area (Å²) in [4.78, 5) is 0. The van der Waals surface area contributed by atoms with Crippen LogP contribution in [-0.4, -0.2) is 31.6 Å². The number of hydrogen-bond donors (Lipinski definition) is 3. The minimum atomic E-state index is -0.433. The molecule has 164 valence electrons. The van der Waals surface area contributed by atoms with Crippen LogP contribution in [0.5, 0.6) is 11.5 Å². The third-order valence-corrected chi connectivity index (χ3v) is 5.37. The standard InChI is InChI=1S/C21H15Cl2F2N5O2/c22-19-11(9-31-17-3-1-13(24)5-15(17)19)7-27-29-21(26)30-28-8-12-10-32-18-4-2-14(25)6-16(18)20(12)23/h1-8H,9-10H2,(H3,26,29,30)/b27-7+,28-8+. The normalized spacial score (nSPS) is 15.4. The van der Waals surface area contributed by atoms with Gasteiger partial charge in [0.05, 0.1) is 22.5 Å². The Kier molecular flexibility index (Phi) is 6.38. The highest BCUT2D eigenvalue weighted by atomic mass is 35.5. The van der Waals surface area contributed by atoms with E-state index in [-0.39, 0.29) is 19.2 Å². The molecule has 32 heavy (non-hydrogen) atoms. The number of ether oxygens (including phenoxy) is 2. The van der Waals surface area contributed by atoms with Crippen LogP contribution in [0.3, 0.4) is 0 Å². The highest BCUT2D eigenvalue weighted by Crippen LogP contribution is 2.36. The van der Waals surface area contributed by atoms with Crippen LogP contribution in [0.25, 0.3) is 10.1 Å². The molecule has 0 aromatic heterocycles. The van der Waals surface area contributed by atoms with Gasteiger partial charge in [-0.25, -0.2) is 19.6 Å². The molecule has 7 nitrogen and oxygen atoms in total. The highest BCUT2D eigenvalue weighted by molar-refractivity contribution is 6.51. The lowest BCUT2D eigenvalue weighted by molar-refractivity contribution is 0.352. The van der Waals surface area contributed by atoms with Gasteiger partial charge in [0.2, 0.25) is 5.96 Å². The van der Waals surface area contributed by atoms with E-state index in [2.05, 4.69) is 21.1 Å². The van der Waals surface area contributed by atoms with E-state index in [0.717, 1.165) is 0 Å². The first-order chi connectivity index (χ1) is 15.4. The predicted octanol–water partition coefficient (Wildman–Crippen LogP) is 4.44. The maximum absolute atomic E-state index is 13.5. The van der Waals surface area contributed by atoms with Crippen LogP contribution in [0.15, 0.2) is 57.7 Å². The Bertz CT molecular complexity index is 1120. The Balaban J connectivity index is 1.36. The summed E-state index contributed by atoms with van der Waals surface area (Å²) in [7, 11) is 0. The molecule has 2 aliphatic heterocycles. The third-order valence-electron chi connectivity index (χ3n) is 4.48. The fraction of sp³-hybridized carbons (Fsp3) is 0.0952. The van der Waals surface area contributed by atoms with E-state index in [1.165, 1.54) is 48.8 Å². The molecule has 2 aromatic carbocycles. The Morgan fingerprint density at radius 3 is 1.72 bits per heavy atom. The third kappa shape index (κ3) is 4.74. The lowest BCUT2D eigenvalue weighted by Crippen LogP contribution is -2.29. The smallest absolute Gasteiger partial charge is 0.230 e. The zero-order chi connectivity index (χ0) is 22.7. The summed E-state index contributed by atoms with van der Waals surface area (Å²) in [6, 6.07) is 8.14. The summed E-state index contributed by atoms with van der Waals surface area (Å²) in [5, 5.41) is 16.2. The molecule has 4 rings (SSSR count). The van der Waals surface area contributed by atoms with Crippen LogP contribution in [0.4, 0.5) is 8.78 Å². The fourth-order valence-electron chi connectivity index (χ4n) is 2.95. The number of rotatable bonds is 4. The molecule has 2 aromatic rings. The Labute approximate surface area is 191 Å². The molecule has 0 atom stereocenters. The summed E-state index contributed by atoms with van der Waals surface area (Å²) >= 11 is 12.6. The molecule has 2 heterocycles. The SMILES string of the molecule is N=C(N/N=C/C1=C(Cl)c2cc(F)ccc2OC1)N/N=C/C1=C(Cl)c2cc(F)ccc2OC1. The van der Waals surface area contributed by atoms with Crippen molar-refractivity contribution in [3.8, 4) is 11.5 Å². The minimum absolute atomic E-state index is 0.149. The van der Waals surface area contributed by atoms with Gasteiger partial charge in [-0.15, -0.1) is 0 Å². The van der Waals surface area contributed by atoms with Gasteiger partial charge in [0, 0.05) is 22.3 Å². The van der Waals surface area contributed by atoms with Gasteiger partial charge in [0.25, 0.3) is 0 Å². The maximum Gasteiger partial charge on any atom is 0.230 e. The molecule has 2 aliphatic rings. The van der Waals surface area contributed by atoms with Crippen molar-refractivity contribution in [3.05, 3.63) is 70.3 Å². The zero-order valence-electron chi connectivity index (χ0n) is 16.3. The maximum atomic E-state index is 13.5. The molecular formula is C21H15Cl2F2N5O2. The van der Waals surface area contributed by atoms with E-state index in [1.807, 2.05) is 0 Å². The summed E-state index contributed by atoms with van der Waals surface area (Å²) < 4.78 is 37.9. The second-order valence-electron chi connectivity index (χ2n) is 6.65. The second-order valence-corrected chi connectivity index (χ2v) is 7.41. The van der Waals surface area contributed by atoms with Crippen molar-refractivity contribution in [3.63, 3.8) is 0 Å². The molecule has 0 fully saturated rings. The van der Waals surface area contributed by atoms with Gasteiger partial charge in [0.15, 0.2) is 0 Å². The van der Waals surface area contributed by atoms with Gasteiger partial charge < -0.3 is 9.47 Å². The molecule has 0 bridgehead atoms. The number of benzene rings is 2. The molecule has 3 N–H and O–H groups in total. The van der Waals surface area contributed by atoms with Gasteiger partial charge >= 0.3 is 0 Å². The largest absolute Gasteiger partial charge is 0.488 e. The van der Waals surface area contributed by atoms with Crippen molar-refractivity contribution in [2.45, 2.75) is 0 Å². The number of nitrogens with zero attached hydrogens (tertiary/aromatic N) is 2. The highest BCUT2D eigenvalue weighted by Gasteiger charge is 2.19. The molecule has 0 saturated heterocycles. The van der Waals surface area contributed by atoms with Crippen LogP contribution >= 0.6 is 23.2 Å². The molecule has 0 unspecified atom stereocenters. The van der Waals surface area contributed by atoms with Crippen LogP contribution in [0, 0.1) is 17.0 Å². The molecule has 11 heteroatoms. The van der Waals surface area contributed by atoms with E-state index in [9.17, 15) is 8.78 Å². The number of hydrazone groups is 2. The van der Waals surface area contributed by atoms with Crippen LogP contribution < -0.4 is 20.3 Å². The van der Waals surface area contributed by atoms with Crippen molar-refractivity contribution >= 4 is 51.7 Å². The lowest BCUT2D eigenvalue weighted by Gasteiger charge is -2.18. The Hall–Kier alpha value is -3.43. The van der Waals surface area contributed by atoms with Gasteiger partial charge in [0.1, 0.15) is 36.3 Å².